The normalized spacial score (nSPS) is 15.3. The predicted octanol–water partition coefficient (Wildman–Crippen LogP) is 1.01. The number of hydrogen-bond acceptors (Lipinski definition) is 7. The Labute approximate surface area is 176 Å². The SMILES string of the molecule is O=CN1CCN(S(=O)(=O)c2ccc3c(c2)oc(=O)n3Cc2ccc([N+](=O)[O-])cc2)CC1. The van der Waals surface area contributed by atoms with Crippen LogP contribution in [0.2, 0.25) is 0 Å². The number of fused-ring (bicyclic) bond motifs is 1. The van der Waals surface area contributed by atoms with Crippen molar-refractivity contribution >= 4 is 33.2 Å². The molecule has 0 atom stereocenters. The predicted molar refractivity (Wildman–Crippen MR) is 109 cm³/mol. The molecule has 0 bridgehead atoms. The summed E-state index contributed by atoms with van der Waals surface area (Å²) in [7, 11) is -3.80. The largest absolute Gasteiger partial charge is 0.420 e. The number of piperazine rings is 1. The minimum Gasteiger partial charge on any atom is -0.408 e. The van der Waals surface area contributed by atoms with Crippen molar-refractivity contribution in [2.75, 3.05) is 26.2 Å². The molecular weight excluding hydrogens is 428 g/mol. The van der Waals surface area contributed by atoms with Crippen molar-refractivity contribution in [3.8, 4) is 0 Å². The van der Waals surface area contributed by atoms with E-state index in [2.05, 4.69) is 0 Å². The molecule has 0 aliphatic carbocycles. The van der Waals surface area contributed by atoms with Crippen molar-refractivity contribution in [2.45, 2.75) is 11.4 Å². The number of nitrogens with zero attached hydrogens (tertiary/aromatic N) is 4. The van der Waals surface area contributed by atoms with Gasteiger partial charge in [-0.15, -0.1) is 0 Å². The van der Waals surface area contributed by atoms with Crippen LogP contribution in [0.1, 0.15) is 5.56 Å². The van der Waals surface area contributed by atoms with Gasteiger partial charge in [-0.3, -0.25) is 19.5 Å². The molecule has 162 valence electrons. The van der Waals surface area contributed by atoms with E-state index in [1.807, 2.05) is 0 Å². The maximum absolute atomic E-state index is 12.9. The second-order valence-electron chi connectivity index (χ2n) is 7.05. The van der Waals surface area contributed by atoms with Gasteiger partial charge in [0.1, 0.15) is 0 Å². The number of non-ortho nitro benzene ring substituents is 1. The van der Waals surface area contributed by atoms with Crippen molar-refractivity contribution < 1.29 is 22.6 Å². The minimum absolute atomic E-state index is 0.00390. The average molecular weight is 446 g/mol. The van der Waals surface area contributed by atoms with Crippen LogP contribution in [0, 0.1) is 10.1 Å². The highest BCUT2D eigenvalue weighted by Gasteiger charge is 2.29. The molecule has 0 saturated carbocycles. The van der Waals surface area contributed by atoms with E-state index in [9.17, 15) is 28.1 Å². The van der Waals surface area contributed by atoms with E-state index < -0.39 is 20.7 Å². The number of carbonyl (C=O) groups excluding carboxylic acids is 1. The summed E-state index contributed by atoms with van der Waals surface area (Å²) in [5.41, 5.74) is 1.13. The molecule has 1 amide bonds. The molecule has 0 unspecified atom stereocenters. The van der Waals surface area contributed by atoms with Gasteiger partial charge in [0.2, 0.25) is 16.4 Å². The lowest BCUT2D eigenvalue weighted by Gasteiger charge is -2.31. The molecule has 0 radical (unpaired) electrons. The van der Waals surface area contributed by atoms with Crippen LogP contribution in [-0.4, -0.2) is 59.7 Å². The second kappa shape index (κ2) is 7.96. The van der Waals surface area contributed by atoms with E-state index in [1.54, 1.807) is 12.1 Å². The fraction of sp³-hybridized carbons (Fsp3) is 0.263. The number of aromatic nitrogens is 1. The monoisotopic (exact) mass is 446 g/mol. The van der Waals surface area contributed by atoms with Crippen LogP contribution in [0.25, 0.3) is 11.1 Å². The van der Waals surface area contributed by atoms with Crippen molar-refractivity contribution in [3.05, 3.63) is 68.7 Å². The third-order valence-electron chi connectivity index (χ3n) is 5.19. The van der Waals surface area contributed by atoms with E-state index in [0.717, 1.165) is 0 Å². The zero-order valence-electron chi connectivity index (χ0n) is 16.2. The Bertz CT molecular complexity index is 1300. The third kappa shape index (κ3) is 3.94. The van der Waals surface area contributed by atoms with Crippen molar-refractivity contribution in [1.29, 1.82) is 0 Å². The highest BCUT2D eigenvalue weighted by molar-refractivity contribution is 7.89. The van der Waals surface area contributed by atoms with Crippen LogP contribution in [0.3, 0.4) is 0 Å². The summed E-state index contributed by atoms with van der Waals surface area (Å²) in [6, 6.07) is 9.99. The van der Waals surface area contributed by atoms with Gasteiger partial charge < -0.3 is 9.32 Å². The average Bonchev–Trinajstić information content (AvgIpc) is 3.08. The molecule has 31 heavy (non-hydrogen) atoms. The van der Waals surface area contributed by atoms with Gasteiger partial charge in [-0.1, -0.05) is 12.1 Å². The molecule has 2 aromatic carbocycles. The molecule has 1 aliphatic rings. The van der Waals surface area contributed by atoms with Crippen LogP contribution < -0.4 is 5.76 Å². The van der Waals surface area contributed by atoms with Gasteiger partial charge in [-0.05, 0) is 17.7 Å². The van der Waals surface area contributed by atoms with Crippen LogP contribution in [0.5, 0.6) is 0 Å². The second-order valence-corrected chi connectivity index (χ2v) is 8.99. The summed E-state index contributed by atoms with van der Waals surface area (Å²) in [4.78, 5) is 34.9. The van der Waals surface area contributed by atoms with E-state index in [1.165, 1.54) is 44.1 Å². The maximum atomic E-state index is 12.9. The Balaban J connectivity index is 1.62. The lowest BCUT2D eigenvalue weighted by Crippen LogP contribution is -2.47. The zero-order chi connectivity index (χ0) is 22.2. The van der Waals surface area contributed by atoms with Crippen LogP contribution in [0.15, 0.2) is 56.6 Å². The van der Waals surface area contributed by atoms with E-state index in [0.29, 0.717) is 30.6 Å². The first-order valence-corrected chi connectivity index (χ1v) is 10.8. The van der Waals surface area contributed by atoms with Crippen molar-refractivity contribution in [3.63, 3.8) is 0 Å². The third-order valence-corrected chi connectivity index (χ3v) is 7.08. The highest BCUT2D eigenvalue weighted by Crippen LogP contribution is 2.23. The van der Waals surface area contributed by atoms with Gasteiger partial charge in [0, 0.05) is 44.4 Å². The van der Waals surface area contributed by atoms with E-state index in [-0.39, 0.29) is 35.8 Å². The highest BCUT2D eigenvalue weighted by atomic mass is 32.2. The van der Waals surface area contributed by atoms with Crippen LogP contribution >= 0.6 is 0 Å². The molecule has 0 N–H and O–H groups in total. The number of amides is 1. The van der Waals surface area contributed by atoms with Gasteiger partial charge >= 0.3 is 5.76 Å². The molecule has 11 nitrogen and oxygen atoms in total. The number of rotatable bonds is 6. The Kier molecular flexibility index (Phi) is 5.33. The molecule has 1 aromatic heterocycles. The first kappa shape index (κ1) is 20.8. The molecule has 3 aromatic rings. The summed E-state index contributed by atoms with van der Waals surface area (Å²) < 4.78 is 33.7. The van der Waals surface area contributed by atoms with Gasteiger partial charge in [-0.25, -0.2) is 13.2 Å². The minimum atomic E-state index is -3.80. The summed E-state index contributed by atoms with van der Waals surface area (Å²) in [5.74, 6) is -0.664. The molecule has 1 fully saturated rings. The Morgan fingerprint density at radius 2 is 1.74 bits per heavy atom. The summed E-state index contributed by atoms with van der Waals surface area (Å²) in [6.45, 7) is 1.11. The first-order valence-electron chi connectivity index (χ1n) is 9.36. The molecule has 1 saturated heterocycles. The number of nitro groups is 1. The molecule has 1 aliphatic heterocycles. The lowest BCUT2D eigenvalue weighted by molar-refractivity contribution is -0.384. The molecule has 2 heterocycles. The fourth-order valence-corrected chi connectivity index (χ4v) is 4.90. The number of hydrogen-bond donors (Lipinski definition) is 0. The number of carbonyl (C=O) groups is 1. The van der Waals surface area contributed by atoms with Crippen LogP contribution in [0.4, 0.5) is 5.69 Å². The number of nitro benzene ring substituents is 1. The number of sulfonamides is 1. The van der Waals surface area contributed by atoms with E-state index in [4.69, 9.17) is 4.42 Å². The number of oxazole rings is 1. The molecule has 12 heteroatoms. The van der Waals surface area contributed by atoms with Crippen LogP contribution in [-0.2, 0) is 21.4 Å². The smallest absolute Gasteiger partial charge is 0.408 e. The number of benzene rings is 2. The standard InChI is InChI=1S/C19H18N4O7S/c24-13-20-7-9-21(10-8-20)31(28,29)16-5-6-17-18(11-16)30-19(25)22(17)12-14-1-3-15(4-2-14)23(26)27/h1-6,11,13H,7-10,12H2. The van der Waals surface area contributed by atoms with Gasteiger partial charge in [0.15, 0.2) is 5.58 Å². The molecular formula is C19H18N4O7S. The summed E-state index contributed by atoms with van der Waals surface area (Å²) in [6.07, 6.45) is 0.693. The molecule has 0 spiro atoms. The van der Waals surface area contributed by atoms with Gasteiger partial charge in [-0.2, -0.15) is 4.31 Å². The topological polar surface area (TPSA) is 136 Å². The maximum Gasteiger partial charge on any atom is 0.420 e. The van der Waals surface area contributed by atoms with Crippen molar-refractivity contribution in [1.82, 2.24) is 13.8 Å². The summed E-state index contributed by atoms with van der Waals surface area (Å²) >= 11 is 0. The lowest BCUT2D eigenvalue weighted by atomic mass is 10.2. The van der Waals surface area contributed by atoms with Gasteiger partial charge in [0.05, 0.1) is 21.9 Å². The van der Waals surface area contributed by atoms with Gasteiger partial charge in [0.25, 0.3) is 5.69 Å². The Hall–Kier alpha value is -3.51. The van der Waals surface area contributed by atoms with E-state index >= 15 is 0 Å². The quantitative estimate of drug-likeness (QED) is 0.313. The Morgan fingerprint density at radius 3 is 2.35 bits per heavy atom. The van der Waals surface area contributed by atoms with Crippen molar-refractivity contribution in [2.24, 2.45) is 0 Å². The molecule has 4 rings (SSSR count). The summed E-state index contributed by atoms with van der Waals surface area (Å²) in [5, 5.41) is 10.8. The first-order chi connectivity index (χ1) is 14.8. The fourth-order valence-electron chi connectivity index (χ4n) is 3.46. The Morgan fingerprint density at radius 1 is 1.06 bits per heavy atom. The zero-order valence-corrected chi connectivity index (χ0v) is 17.0.